The average molecular weight is 617 g/mol. The summed E-state index contributed by atoms with van der Waals surface area (Å²) in [7, 11) is -0.498. The van der Waals surface area contributed by atoms with Crippen LogP contribution < -0.4 is 16.1 Å². The molecule has 2 amide bonds. The number of benzene rings is 3. The Morgan fingerprint density at radius 3 is 1.89 bits per heavy atom. The maximum atomic E-state index is 13.2. The number of ether oxygens (including phenoxy) is 1. The highest BCUT2D eigenvalue weighted by molar-refractivity contribution is 6.62. The van der Waals surface area contributed by atoms with Gasteiger partial charge in [0.15, 0.2) is 0 Å². The molecule has 0 spiro atoms. The van der Waals surface area contributed by atoms with Crippen LogP contribution in [0.1, 0.15) is 76.2 Å². The number of hydrogen-bond donors (Lipinski definition) is 2. The van der Waals surface area contributed by atoms with Gasteiger partial charge in [-0.25, -0.2) is 0 Å². The van der Waals surface area contributed by atoms with Crippen molar-refractivity contribution in [2.24, 2.45) is 11.8 Å². The van der Waals surface area contributed by atoms with Crippen LogP contribution in [0.25, 0.3) is 11.1 Å². The van der Waals surface area contributed by atoms with Crippen molar-refractivity contribution >= 4 is 36.1 Å². The Hall–Kier alpha value is -3.95. The van der Waals surface area contributed by atoms with Gasteiger partial charge < -0.3 is 24.7 Å². The number of carbonyl (C=O) groups is 3. The second kappa shape index (κ2) is 12.8. The third-order valence-corrected chi connectivity index (χ3v) is 9.36. The lowest BCUT2D eigenvalue weighted by Crippen LogP contribution is -2.45. The van der Waals surface area contributed by atoms with Gasteiger partial charge in [0.1, 0.15) is 12.6 Å². The molecule has 0 bridgehead atoms. The molecule has 2 N–H and O–H groups in total. The zero-order valence-electron chi connectivity index (χ0n) is 27.2. The highest BCUT2D eigenvalue weighted by Gasteiger charge is 2.51. The molecule has 0 unspecified atom stereocenters. The van der Waals surface area contributed by atoms with Crippen LogP contribution in [0.2, 0.25) is 0 Å². The zero-order chi connectivity index (χ0) is 32.5. The van der Waals surface area contributed by atoms with Crippen LogP contribution in [0.3, 0.4) is 0 Å². The van der Waals surface area contributed by atoms with Crippen LogP contribution in [0.5, 0.6) is 0 Å². The van der Waals surface area contributed by atoms with Gasteiger partial charge in [0.05, 0.1) is 23.5 Å². The minimum absolute atomic E-state index is 0. The molecular weight excluding hydrogens is 567 g/mol. The van der Waals surface area contributed by atoms with E-state index in [0.717, 1.165) is 27.7 Å². The van der Waals surface area contributed by atoms with Crippen molar-refractivity contribution in [1.82, 2.24) is 5.32 Å². The second-order valence-corrected chi connectivity index (χ2v) is 13.4. The molecule has 1 aliphatic heterocycles. The first-order valence-electron chi connectivity index (χ1n) is 15.7. The number of rotatable bonds is 10. The highest BCUT2D eigenvalue weighted by atomic mass is 16.7. The fraction of sp³-hybridized carbons (Fsp3) is 0.417. The molecule has 242 valence electrons. The molecule has 0 radical (unpaired) electrons. The SMILES string of the molecule is CC(C)[C@H](CC(=O)OCC1c2ccccc2-c2ccccc21)C(=O)N[C@@H](C)C(=O)Nc1ccc(B2OC(C)(C)C(C)(C)O2)cc1.[HH].[HH].[HH]. The lowest BCUT2D eigenvalue weighted by Gasteiger charge is -2.32. The summed E-state index contributed by atoms with van der Waals surface area (Å²) in [5, 5.41) is 5.63. The third-order valence-electron chi connectivity index (χ3n) is 9.36. The average Bonchev–Trinajstić information content (AvgIpc) is 3.43. The standard InChI is InChI=1S/C36H43BN2O6.3H2/c1-22(2)30(20-32(40)43-21-31-28-14-10-8-12-26(28)27-13-9-11-15-29(27)31)34(42)38-23(3)33(41)39-25-18-16-24(17-19-25)37-44-35(4,5)36(6,7)45-37;;;/h8-19,22-23,30-31H,20-21H2,1-7H3,(H,38,42)(H,39,41);3*1H/t23-,30-;;;/m0.../s1. The van der Waals surface area contributed by atoms with Crippen molar-refractivity contribution in [2.75, 3.05) is 11.9 Å². The predicted molar refractivity (Wildman–Crippen MR) is 182 cm³/mol. The topological polar surface area (TPSA) is 103 Å². The third kappa shape index (κ3) is 6.85. The van der Waals surface area contributed by atoms with Gasteiger partial charge in [-0.3, -0.25) is 14.4 Å². The quantitative estimate of drug-likeness (QED) is 0.208. The molecule has 2 aliphatic rings. The van der Waals surface area contributed by atoms with E-state index in [9.17, 15) is 14.4 Å². The summed E-state index contributed by atoms with van der Waals surface area (Å²) in [6, 6.07) is 22.8. The fourth-order valence-corrected chi connectivity index (χ4v) is 5.82. The number of carbonyl (C=O) groups excluding carboxylic acids is 3. The molecule has 9 heteroatoms. The largest absolute Gasteiger partial charge is 0.494 e. The Bertz CT molecular complexity index is 1520. The van der Waals surface area contributed by atoms with Crippen LogP contribution in [0.15, 0.2) is 72.8 Å². The number of nitrogens with one attached hydrogen (secondary N) is 2. The molecule has 3 aromatic carbocycles. The summed E-state index contributed by atoms with van der Waals surface area (Å²) < 4.78 is 18.0. The minimum atomic E-state index is -0.816. The van der Waals surface area contributed by atoms with E-state index >= 15 is 0 Å². The maximum absolute atomic E-state index is 13.2. The van der Waals surface area contributed by atoms with E-state index < -0.39 is 36.2 Å². The summed E-state index contributed by atoms with van der Waals surface area (Å²) in [4.78, 5) is 39.2. The predicted octanol–water partition coefficient (Wildman–Crippen LogP) is 6.19. The van der Waals surface area contributed by atoms with Crippen LogP contribution >= 0.6 is 0 Å². The lowest BCUT2D eigenvalue weighted by atomic mass is 9.79. The van der Waals surface area contributed by atoms with E-state index in [1.807, 2.05) is 77.9 Å². The summed E-state index contributed by atoms with van der Waals surface area (Å²) >= 11 is 0. The maximum Gasteiger partial charge on any atom is 0.494 e. The molecule has 3 aromatic rings. The van der Waals surface area contributed by atoms with Crippen LogP contribution in [-0.2, 0) is 28.4 Å². The molecule has 5 rings (SSSR count). The zero-order valence-corrected chi connectivity index (χ0v) is 27.2. The molecule has 2 atom stereocenters. The van der Waals surface area contributed by atoms with E-state index in [1.165, 1.54) is 0 Å². The van der Waals surface area contributed by atoms with Crippen molar-refractivity contribution in [3.8, 4) is 11.1 Å². The Balaban J connectivity index is 0.00000267. The van der Waals surface area contributed by atoms with E-state index in [0.29, 0.717) is 5.69 Å². The van der Waals surface area contributed by atoms with E-state index in [1.54, 1.807) is 19.1 Å². The lowest BCUT2D eigenvalue weighted by molar-refractivity contribution is -0.148. The number of hydrogen-bond acceptors (Lipinski definition) is 6. The highest BCUT2D eigenvalue weighted by Crippen LogP contribution is 2.44. The van der Waals surface area contributed by atoms with Crippen LogP contribution in [0.4, 0.5) is 5.69 Å². The van der Waals surface area contributed by atoms with Crippen molar-refractivity contribution in [1.29, 1.82) is 0 Å². The van der Waals surface area contributed by atoms with Gasteiger partial charge in [0.25, 0.3) is 0 Å². The van der Waals surface area contributed by atoms with Gasteiger partial charge in [0, 0.05) is 15.9 Å². The van der Waals surface area contributed by atoms with Crippen molar-refractivity contribution in [2.45, 2.75) is 78.0 Å². The molecular formula is C36H49BN2O6. The van der Waals surface area contributed by atoms with E-state index in [2.05, 4.69) is 34.9 Å². The first-order chi connectivity index (χ1) is 21.3. The molecule has 1 aliphatic carbocycles. The van der Waals surface area contributed by atoms with Gasteiger partial charge in [-0.15, -0.1) is 0 Å². The number of fused-ring (bicyclic) bond motifs is 3. The molecule has 1 heterocycles. The van der Waals surface area contributed by atoms with E-state index in [-0.39, 0.29) is 41.0 Å². The van der Waals surface area contributed by atoms with E-state index in [4.69, 9.17) is 14.0 Å². The van der Waals surface area contributed by atoms with Gasteiger partial charge in [-0.2, -0.15) is 0 Å². The molecule has 0 saturated carbocycles. The number of anilines is 1. The Morgan fingerprint density at radius 1 is 0.822 bits per heavy atom. The normalized spacial score (nSPS) is 17.7. The number of esters is 1. The van der Waals surface area contributed by atoms with Gasteiger partial charge >= 0.3 is 13.1 Å². The molecule has 45 heavy (non-hydrogen) atoms. The van der Waals surface area contributed by atoms with Crippen molar-refractivity contribution in [3.63, 3.8) is 0 Å². The minimum Gasteiger partial charge on any atom is -0.465 e. The van der Waals surface area contributed by atoms with Gasteiger partial charge in [-0.05, 0) is 80.4 Å². The first-order valence-corrected chi connectivity index (χ1v) is 15.7. The summed E-state index contributed by atoms with van der Waals surface area (Å²) in [6.45, 7) is 13.6. The molecule has 1 fully saturated rings. The molecule has 8 nitrogen and oxygen atoms in total. The summed E-state index contributed by atoms with van der Waals surface area (Å²) in [5.74, 6) is -2.00. The van der Waals surface area contributed by atoms with Gasteiger partial charge in [0.2, 0.25) is 11.8 Å². The molecule has 1 saturated heterocycles. The smallest absolute Gasteiger partial charge is 0.465 e. The first kappa shape index (κ1) is 32.4. The summed E-state index contributed by atoms with van der Waals surface area (Å²) in [5.41, 5.74) is 5.11. The second-order valence-electron chi connectivity index (χ2n) is 13.4. The van der Waals surface area contributed by atoms with Crippen molar-refractivity contribution < 1.29 is 32.7 Å². The van der Waals surface area contributed by atoms with Crippen molar-refractivity contribution in [3.05, 3.63) is 83.9 Å². The Morgan fingerprint density at radius 2 is 1.36 bits per heavy atom. The molecule has 0 aromatic heterocycles. The summed E-state index contributed by atoms with van der Waals surface area (Å²) in [6.07, 6.45) is -0.0752. The fourth-order valence-electron chi connectivity index (χ4n) is 5.82. The number of amides is 2. The van der Waals surface area contributed by atoms with Crippen LogP contribution in [-0.4, -0.2) is 48.8 Å². The van der Waals surface area contributed by atoms with Gasteiger partial charge in [-0.1, -0.05) is 74.5 Å². The Kier molecular flexibility index (Phi) is 9.24. The monoisotopic (exact) mass is 616 g/mol. The Labute approximate surface area is 270 Å². The van der Waals surface area contributed by atoms with Crippen LogP contribution in [0, 0.1) is 11.8 Å².